The van der Waals surface area contributed by atoms with E-state index in [9.17, 15) is 10.1 Å². The van der Waals surface area contributed by atoms with Gasteiger partial charge in [-0.2, -0.15) is 5.26 Å². The van der Waals surface area contributed by atoms with Gasteiger partial charge in [-0.05, 0) is 24.8 Å². The Hall–Kier alpha value is -2.28. The Balaban J connectivity index is 2.65. The molecule has 4 nitrogen and oxygen atoms in total. The molecule has 1 N–H and O–H groups in total. The second kappa shape index (κ2) is 6.23. The lowest BCUT2D eigenvalue weighted by Crippen LogP contribution is -2.38. The molecule has 22 heavy (non-hydrogen) atoms. The van der Waals surface area contributed by atoms with Crippen LogP contribution in [-0.4, -0.2) is 25.0 Å². The van der Waals surface area contributed by atoms with Crippen molar-refractivity contribution in [1.82, 2.24) is 10.2 Å². The van der Waals surface area contributed by atoms with Crippen LogP contribution in [0.3, 0.4) is 0 Å². The molecule has 2 amide bonds. The monoisotopic (exact) mass is 297 g/mol. The van der Waals surface area contributed by atoms with Gasteiger partial charge in [-0.25, -0.2) is 4.79 Å². The number of nitrogens with zero attached hydrogens (tertiary/aromatic N) is 2. The van der Waals surface area contributed by atoms with Gasteiger partial charge in [0.05, 0.1) is 17.3 Å². The highest BCUT2D eigenvalue weighted by atomic mass is 16.2. The molecule has 0 fully saturated rings. The van der Waals surface area contributed by atoms with Crippen LogP contribution >= 0.6 is 0 Å². The van der Waals surface area contributed by atoms with Gasteiger partial charge in [-0.3, -0.25) is 0 Å². The van der Waals surface area contributed by atoms with Gasteiger partial charge in [0.15, 0.2) is 0 Å². The molecule has 0 unspecified atom stereocenters. The minimum Gasteiger partial charge on any atom is -0.331 e. The van der Waals surface area contributed by atoms with Crippen molar-refractivity contribution in [3.05, 3.63) is 41.0 Å². The summed E-state index contributed by atoms with van der Waals surface area (Å²) in [5.74, 6) is 0. The summed E-state index contributed by atoms with van der Waals surface area (Å²) in [6.45, 7) is 4.22. The van der Waals surface area contributed by atoms with Crippen molar-refractivity contribution in [3.63, 3.8) is 0 Å². The molecule has 0 saturated carbocycles. The lowest BCUT2D eigenvalue weighted by Gasteiger charge is -2.38. The first-order valence-electron chi connectivity index (χ1n) is 7.70. The van der Waals surface area contributed by atoms with Crippen LogP contribution in [0.25, 0.3) is 5.70 Å². The van der Waals surface area contributed by atoms with Gasteiger partial charge in [0.2, 0.25) is 0 Å². The van der Waals surface area contributed by atoms with E-state index in [1.165, 1.54) is 10.5 Å². The third-order valence-electron chi connectivity index (χ3n) is 4.70. The molecule has 4 heteroatoms. The zero-order chi connectivity index (χ0) is 16.3. The molecular formula is C18H23N3O. The summed E-state index contributed by atoms with van der Waals surface area (Å²) in [5.41, 5.74) is 3.34. The molecule has 0 aliphatic heterocycles. The average molecular weight is 297 g/mol. The molecule has 0 heterocycles. The first-order valence-corrected chi connectivity index (χ1v) is 7.70. The molecule has 1 aliphatic rings. The number of hydrogen-bond donors (Lipinski definition) is 1. The van der Waals surface area contributed by atoms with Gasteiger partial charge < -0.3 is 10.2 Å². The fourth-order valence-corrected chi connectivity index (χ4v) is 3.15. The zero-order valence-electron chi connectivity index (χ0n) is 13.7. The molecule has 1 aromatic carbocycles. The number of hydrogen-bond acceptors (Lipinski definition) is 2. The van der Waals surface area contributed by atoms with Crippen molar-refractivity contribution < 1.29 is 4.79 Å². The van der Waals surface area contributed by atoms with Crippen molar-refractivity contribution in [3.8, 4) is 6.07 Å². The number of fused-ring (bicyclic) bond motifs is 1. The van der Waals surface area contributed by atoms with Crippen molar-refractivity contribution in [2.45, 2.75) is 33.1 Å². The molecule has 2 rings (SSSR count). The summed E-state index contributed by atoms with van der Waals surface area (Å²) in [7, 11) is 3.40. The lowest BCUT2D eigenvalue weighted by molar-refractivity contribution is 0.221. The van der Waals surface area contributed by atoms with Crippen LogP contribution < -0.4 is 5.32 Å². The van der Waals surface area contributed by atoms with Crippen molar-refractivity contribution >= 4 is 11.7 Å². The normalized spacial score (nSPS) is 15.8. The van der Waals surface area contributed by atoms with Crippen LogP contribution in [0, 0.1) is 16.7 Å². The Labute approximate surface area is 132 Å². The molecule has 0 bridgehead atoms. The average Bonchev–Trinajstić information content (AvgIpc) is 2.53. The quantitative estimate of drug-likeness (QED) is 0.927. The molecule has 0 aromatic heterocycles. The van der Waals surface area contributed by atoms with Gasteiger partial charge in [-0.1, -0.05) is 38.1 Å². The first-order chi connectivity index (χ1) is 10.5. The molecule has 116 valence electrons. The maximum absolute atomic E-state index is 12.1. The van der Waals surface area contributed by atoms with E-state index in [4.69, 9.17) is 0 Å². The number of urea groups is 1. The van der Waals surface area contributed by atoms with Crippen LogP contribution in [0.15, 0.2) is 29.8 Å². The first kappa shape index (κ1) is 16.1. The number of carbonyl (C=O) groups is 1. The standard InChI is InChI=1S/C18H23N3O/c1-5-18(6-2)11-13-9-7-8-10-14(13)16(15(18)12-19)20-17(22)21(3)4/h7-10H,5-6,11H2,1-4H3,(H,20,22). The Morgan fingerprint density at radius 3 is 2.50 bits per heavy atom. The number of allylic oxidation sites excluding steroid dienone is 1. The Kier molecular flexibility index (Phi) is 4.56. The number of carbonyl (C=O) groups excluding carboxylic acids is 1. The van der Waals surface area contributed by atoms with Crippen molar-refractivity contribution in [2.24, 2.45) is 5.41 Å². The van der Waals surface area contributed by atoms with E-state index in [2.05, 4.69) is 31.3 Å². The van der Waals surface area contributed by atoms with Gasteiger partial charge in [0, 0.05) is 25.1 Å². The van der Waals surface area contributed by atoms with Crippen LogP contribution in [0.2, 0.25) is 0 Å². The molecular weight excluding hydrogens is 274 g/mol. The van der Waals surface area contributed by atoms with E-state index in [1.807, 2.05) is 18.2 Å². The second-order valence-electron chi connectivity index (χ2n) is 6.01. The molecule has 1 aromatic rings. The number of rotatable bonds is 3. The van der Waals surface area contributed by atoms with Crippen LogP contribution in [-0.2, 0) is 6.42 Å². The summed E-state index contributed by atoms with van der Waals surface area (Å²) in [5, 5.41) is 12.7. The maximum Gasteiger partial charge on any atom is 0.321 e. The summed E-state index contributed by atoms with van der Waals surface area (Å²) in [6.07, 6.45) is 2.60. The Morgan fingerprint density at radius 2 is 1.95 bits per heavy atom. The topological polar surface area (TPSA) is 56.1 Å². The minimum atomic E-state index is -0.208. The molecule has 1 aliphatic carbocycles. The SMILES string of the molecule is CCC1(CC)Cc2ccccc2C(NC(=O)N(C)C)=C1C#N. The number of nitriles is 1. The van der Waals surface area contributed by atoms with Gasteiger partial charge in [0.1, 0.15) is 0 Å². The predicted molar refractivity (Wildman–Crippen MR) is 87.9 cm³/mol. The van der Waals surface area contributed by atoms with E-state index in [1.54, 1.807) is 14.1 Å². The van der Waals surface area contributed by atoms with Crippen LogP contribution in [0.1, 0.15) is 37.8 Å². The third-order valence-corrected chi connectivity index (χ3v) is 4.70. The van der Waals surface area contributed by atoms with E-state index < -0.39 is 0 Å². The fourth-order valence-electron chi connectivity index (χ4n) is 3.15. The second-order valence-corrected chi connectivity index (χ2v) is 6.01. The van der Waals surface area contributed by atoms with Crippen molar-refractivity contribution in [1.29, 1.82) is 5.26 Å². The lowest BCUT2D eigenvalue weighted by atomic mass is 9.66. The number of amides is 2. The van der Waals surface area contributed by atoms with Gasteiger partial charge >= 0.3 is 6.03 Å². The summed E-state index contributed by atoms with van der Waals surface area (Å²) < 4.78 is 0. The van der Waals surface area contributed by atoms with Gasteiger partial charge in [0.25, 0.3) is 0 Å². The van der Waals surface area contributed by atoms with Gasteiger partial charge in [-0.15, -0.1) is 0 Å². The third kappa shape index (κ3) is 2.59. The van der Waals surface area contributed by atoms with Crippen LogP contribution in [0.5, 0.6) is 0 Å². The van der Waals surface area contributed by atoms with E-state index in [0.717, 1.165) is 24.8 Å². The molecule has 0 atom stereocenters. The number of benzene rings is 1. The van der Waals surface area contributed by atoms with E-state index >= 15 is 0 Å². The summed E-state index contributed by atoms with van der Waals surface area (Å²) in [6, 6.07) is 10.2. The van der Waals surface area contributed by atoms with E-state index in [0.29, 0.717) is 11.3 Å². The number of nitrogens with one attached hydrogen (secondary N) is 1. The Bertz CT molecular complexity index is 649. The summed E-state index contributed by atoms with van der Waals surface area (Å²) >= 11 is 0. The fraction of sp³-hybridized carbons (Fsp3) is 0.444. The minimum absolute atomic E-state index is 0.196. The molecule has 0 spiro atoms. The summed E-state index contributed by atoms with van der Waals surface area (Å²) in [4.78, 5) is 13.6. The highest BCUT2D eigenvalue weighted by Gasteiger charge is 2.39. The zero-order valence-corrected chi connectivity index (χ0v) is 13.7. The maximum atomic E-state index is 12.1. The highest BCUT2D eigenvalue weighted by molar-refractivity contribution is 5.89. The largest absolute Gasteiger partial charge is 0.331 e. The Morgan fingerprint density at radius 1 is 1.32 bits per heavy atom. The predicted octanol–water partition coefficient (Wildman–Crippen LogP) is 3.55. The van der Waals surface area contributed by atoms with Crippen molar-refractivity contribution in [2.75, 3.05) is 14.1 Å². The highest BCUT2D eigenvalue weighted by Crippen LogP contribution is 2.46. The molecule has 0 saturated heterocycles. The molecule has 0 radical (unpaired) electrons. The smallest absolute Gasteiger partial charge is 0.321 e. The van der Waals surface area contributed by atoms with E-state index in [-0.39, 0.29) is 11.4 Å². The van der Waals surface area contributed by atoms with Crippen LogP contribution in [0.4, 0.5) is 4.79 Å².